The summed E-state index contributed by atoms with van der Waals surface area (Å²) in [6.07, 6.45) is 1.29. The van der Waals surface area contributed by atoms with Crippen molar-refractivity contribution in [3.05, 3.63) is 76.1 Å². The average Bonchev–Trinajstić information content (AvgIpc) is 3.40. The number of rotatable bonds is 5. The number of hydrogen-bond acceptors (Lipinski definition) is 8. The summed E-state index contributed by atoms with van der Waals surface area (Å²) in [5.74, 6) is -0.194. The Hall–Kier alpha value is -3.98. The topological polar surface area (TPSA) is 113 Å². The average molecular weight is 437 g/mol. The second-order valence-electron chi connectivity index (χ2n) is 6.63. The van der Waals surface area contributed by atoms with Gasteiger partial charge in [0.25, 0.3) is 11.4 Å². The summed E-state index contributed by atoms with van der Waals surface area (Å²) in [4.78, 5) is 33.3. The Labute approximate surface area is 178 Å². The molecule has 3 aromatic heterocycles. The number of fused-ring (bicyclic) bond motifs is 3. The van der Waals surface area contributed by atoms with E-state index in [1.165, 1.54) is 6.33 Å². The maximum absolute atomic E-state index is 12.7. The van der Waals surface area contributed by atoms with E-state index in [1.807, 2.05) is 12.1 Å². The molecule has 0 atom stereocenters. The van der Waals surface area contributed by atoms with Crippen molar-refractivity contribution in [2.45, 2.75) is 13.2 Å². The van der Waals surface area contributed by atoms with E-state index in [0.717, 1.165) is 9.95 Å². The van der Waals surface area contributed by atoms with Gasteiger partial charge in [-0.3, -0.25) is 14.2 Å². The van der Waals surface area contributed by atoms with Gasteiger partial charge in [0, 0.05) is 16.0 Å². The minimum absolute atomic E-state index is 0.0843. The third kappa shape index (κ3) is 3.66. The number of ether oxygens (including phenoxy) is 1. The molecule has 0 saturated carbocycles. The maximum Gasteiger partial charge on any atom is 0.326 e. The highest BCUT2D eigenvalue weighted by atomic mass is 35.5. The Bertz CT molecular complexity index is 1470. The Kier molecular flexibility index (Phi) is 4.72. The van der Waals surface area contributed by atoms with Crippen LogP contribution in [0.5, 0.6) is 0 Å². The van der Waals surface area contributed by atoms with Crippen molar-refractivity contribution in [3.63, 3.8) is 0 Å². The largest absolute Gasteiger partial charge is 0.454 e. The molecule has 0 saturated heterocycles. The van der Waals surface area contributed by atoms with Gasteiger partial charge in [-0.15, -0.1) is 0 Å². The van der Waals surface area contributed by atoms with Gasteiger partial charge >= 0.3 is 5.97 Å². The van der Waals surface area contributed by atoms with Gasteiger partial charge in [0.1, 0.15) is 17.6 Å². The zero-order valence-electron chi connectivity index (χ0n) is 15.8. The van der Waals surface area contributed by atoms with Gasteiger partial charge in [-0.2, -0.15) is 4.98 Å². The molecule has 0 aliphatic heterocycles. The van der Waals surface area contributed by atoms with E-state index in [1.54, 1.807) is 36.4 Å². The van der Waals surface area contributed by atoms with E-state index < -0.39 is 11.5 Å². The molecule has 9 nitrogen and oxygen atoms in total. The van der Waals surface area contributed by atoms with Crippen LogP contribution >= 0.6 is 11.6 Å². The van der Waals surface area contributed by atoms with Crippen LogP contribution in [0.2, 0.25) is 5.02 Å². The summed E-state index contributed by atoms with van der Waals surface area (Å²) < 4.78 is 17.0. The number of benzene rings is 2. The molecule has 0 fully saturated rings. The van der Waals surface area contributed by atoms with Crippen LogP contribution in [0, 0.1) is 0 Å². The molecule has 0 aliphatic rings. The van der Waals surface area contributed by atoms with Gasteiger partial charge in [-0.05, 0) is 36.4 Å². The molecule has 0 amide bonds. The van der Waals surface area contributed by atoms with E-state index in [9.17, 15) is 9.59 Å². The van der Waals surface area contributed by atoms with Crippen molar-refractivity contribution in [3.8, 4) is 11.4 Å². The van der Waals surface area contributed by atoms with Crippen molar-refractivity contribution in [2.24, 2.45) is 0 Å². The normalized spacial score (nSPS) is 11.3. The lowest BCUT2D eigenvalue weighted by molar-refractivity contribution is -0.146. The zero-order valence-corrected chi connectivity index (χ0v) is 16.6. The van der Waals surface area contributed by atoms with Gasteiger partial charge in [0.05, 0.1) is 6.33 Å². The van der Waals surface area contributed by atoms with E-state index in [-0.39, 0.29) is 24.6 Å². The first-order valence-electron chi connectivity index (χ1n) is 9.19. The molecule has 10 heteroatoms. The molecule has 5 aromatic rings. The molecule has 0 bridgehead atoms. The Morgan fingerprint density at radius 3 is 2.77 bits per heavy atom. The van der Waals surface area contributed by atoms with Crippen LogP contribution in [0.1, 0.15) is 5.89 Å². The molecule has 154 valence electrons. The van der Waals surface area contributed by atoms with Gasteiger partial charge in [0.15, 0.2) is 6.61 Å². The summed E-state index contributed by atoms with van der Waals surface area (Å²) in [7, 11) is 0. The van der Waals surface area contributed by atoms with Crippen LogP contribution in [0.4, 0.5) is 0 Å². The maximum atomic E-state index is 12.7. The van der Waals surface area contributed by atoms with Crippen LogP contribution in [0.3, 0.4) is 0 Å². The number of furan rings is 1. The highest BCUT2D eigenvalue weighted by Crippen LogP contribution is 2.24. The predicted molar refractivity (Wildman–Crippen MR) is 110 cm³/mol. The van der Waals surface area contributed by atoms with Crippen LogP contribution in [0.25, 0.3) is 33.5 Å². The third-order valence-electron chi connectivity index (χ3n) is 4.58. The molecule has 0 N–H and O–H groups in total. The Morgan fingerprint density at radius 2 is 1.94 bits per heavy atom. The molecule has 0 unspecified atom stereocenters. The molecule has 5 rings (SSSR count). The van der Waals surface area contributed by atoms with Crippen molar-refractivity contribution in [1.29, 1.82) is 0 Å². The minimum atomic E-state index is -0.661. The fourth-order valence-corrected chi connectivity index (χ4v) is 3.21. The monoisotopic (exact) mass is 436 g/mol. The van der Waals surface area contributed by atoms with Crippen molar-refractivity contribution in [1.82, 2.24) is 19.7 Å². The third-order valence-corrected chi connectivity index (χ3v) is 4.83. The molecule has 3 heterocycles. The number of hydrogen-bond donors (Lipinski definition) is 0. The first-order chi connectivity index (χ1) is 15.1. The highest BCUT2D eigenvalue weighted by molar-refractivity contribution is 6.30. The predicted octanol–water partition coefficient (Wildman–Crippen LogP) is 3.59. The van der Waals surface area contributed by atoms with Gasteiger partial charge in [-0.1, -0.05) is 28.9 Å². The number of nitrogens with zero attached hydrogens (tertiary/aromatic N) is 4. The smallest absolute Gasteiger partial charge is 0.326 e. The molecule has 0 radical (unpaired) electrons. The van der Waals surface area contributed by atoms with Gasteiger partial charge in [0.2, 0.25) is 11.4 Å². The fourth-order valence-electron chi connectivity index (χ4n) is 3.08. The standard InChI is InChI=1S/C21H13ClN4O5/c22-13-7-5-12(6-8-13)20-24-16(31-25-20)10-29-17(27)9-26-11-23-18-14-3-1-2-4-15(14)30-19(18)21(26)28/h1-8,11H,9-10H2. The molecule has 2 aromatic carbocycles. The van der Waals surface area contributed by atoms with E-state index >= 15 is 0 Å². The Morgan fingerprint density at radius 1 is 1.13 bits per heavy atom. The number of esters is 1. The van der Waals surface area contributed by atoms with Crippen LogP contribution in [-0.4, -0.2) is 25.7 Å². The zero-order chi connectivity index (χ0) is 21.4. The van der Waals surface area contributed by atoms with Crippen LogP contribution in [-0.2, 0) is 22.7 Å². The lowest BCUT2D eigenvalue weighted by atomic mass is 10.2. The van der Waals surface area contributed by atoms with Crippen LogP contribution < -0.4 is 5.56 Å². The van der Waals surface area contributed by atoms with E-state index in [0.29, 0.717) is 27.5 Å². The quantitative estimate of drug-likeness (QED) is 0.384. The Balaban J connectivity index is 1.28. The fraction of sp³-hybridized carbons (Fsp3) is 0.0952. The molecular weight excluding hydrogens is 424 g/mol. The van der Waals surface area contributed by atoms with Gasteiger partial charge < -0.3 is 13.7 Å². The number of para-hydroxylation sites is 1. The number of aromatic nitrogens is 4. The molecular formula is C21H13ClN4O5. The van der Waals surface area contributed by atoms with Gasteiger partial charge in [-0.25, -0.2) is 4.98 Å². The second kappa shape index (κ2) is 7.69. The molecule has 0 aliphatic carbocycles. The van der Waals surface area contributed by atoms with E-state index in [2.05, 4.69) is 15.1 Å². The minimum Gasteiger partial charge on any atom is -0.454 e. The lowest BCUT2D eigenvalue weighted by Gasteiger charge is -2.04. The number of carbonyl (C=O) groups excluding carboxylic acids is 1. The van der Waals surface area contributed by atoms with Crippen molar-refractivity contribution < 1.29 is 18.5 Å². The summed E-state index contributed by atoms with van der Waals surface area (Å²) in [6.45, 7) is -0.564. The van der Waals surface area contributed by atoms with Crippen molar-refractivity contribution >= 4 is 39.6 Å². The number of carbonyl (C=O) groups is 1. The summed E-state index contributed by atoms with van der Waals surface area (Å²) in [5.41, 5.74) is 1.32. The lowest BCUT2D eigenvalue weighted by Crippen LogP contribution is -2.25. The SMILES string of the molecule is O=C(Cn1cnc2c(oc3ccccc32)c1=O)OCc1nc(-c2ccc(Cl)cc2)no1. The molecule has 0 spiro atoms. The second-order valence-corrected chi connectivity index (χ2v) is 7.07. The summed E-state index contributed by atoms with van der Waals surface area (Å²) in [5, 5.41) is 5.17. The van der Waals surface area contributed by atoms with Crippen molar-refractivity contribution in [2.75, 3.05) is 0 Å². The summed E-state index contributed by atoms with van der Waals surface area (Å²) in [6, 6.07) is 14.1. The van der Waals surface area contributed by atoms with E-state index in [4.69, 9.17) is 25.3 Å². The molecule has 31 heavy (non-hydrogen) atoms. The first-order valence-corrected chi connectivity index (χ1v) is 9.57. The van der Waals surface area contributed by atoms with Crippen LogP contribution in [0.15, 0.2) is 68.6 Å². The number of halogens is 1. The first kappa shape index (κ1) is 19.0. The highest BCUT2D eigenvalue weighted by Gasteiger charge is 2.16. The summed E-state index contributed by atoms with van der Waals surface area (Å²) >= 11 is 5.86.